The van der Waals surface area contributed by atoms with Crippen molar-refractivity contribution in [3.63, 3.8) is 0 Å². The summed E-state index contributed by atoms with van der Waals surface area (Å²) in [5, 5.41) is 0. The summed E-state index contributed by atoms with van der Waals surface area (Å²) in [6, 6.07) is 8.28. The Balaban J connectivity index is 2.25. The van der Waals surface area contributed by atoms with Gasteiger partial charge in [-0.2, -0.15) is 0 Å². The number of methoxy groups -OCH3 is 1. The topological polar surface area (TPSA) is 26.3 Å². The Morgan fingerprint density at radius 1 is 1.40 bits per heavy atom. The summed E-state index contributed by atoms with van der Waals surface area (Å²) in [6.45, 7) is 0. The third-order valence-corrected chi connectivity index (χ3v) is 3.13. The molecule has 1 aliphatic rings. The van der Waals surface area contributed by atoms with Gasteiger partial charge in [0.2, 0.25) is 0 Å². The zero-order valence-corrected chi connectivity index (χ0v) is 9.03. The number of carbonyl (C=O) groups is 1. The van der Waals surface area contributed by atoms with Gasteiger partial charge in [-0.15, -0.1) is 0 Å². The van der Waals surface area contributed by atoms with Gasteiger partial charge in [0.15, 0.2) is 0 Å². The lowest BCUT2D eigenvalue weighted by Crippen LogP contribution is -2.12. The van der Waals surface area contributed by atoms with Crippen molar-refractivity contribution in [2.75, 3.05) is 7.11 Å². The van der Waals surface area contributed by atoms with E-state index in [9.17, 15) is 4.79 Å². The number of benzene rings is 1. The van der Waals surface area contributed by atoms with Crippen LogP contribution in [0.3, 0.4) is 0 Å². The molecule has 1 fully saturated rings. The lowest BCUT2D eigenvalue weighted by molar-refractivity contribution is -0.107. The summed E-state index contributed by atoms with van der Waals surface area (Å²) in [6.07, 6.45) is 4.59. The molecular formula is C13H16O2. The second-order valence-electron chi connectivity index (χ2n) is 4.06. The van der Waals surface area contributed by atoms with Crippen LogP contribution in [0.15, 0.2) is 24.3 Å². The van der Waals surface area contributed by atoms with Crippen LogP contribution < -0.4 is 0 Å². The highest BCUT2D eigenvalue weighted by Crippen LogP contribution is 2.49. The smallest absolute Gasteiger partial charge is 0.120 e. The molecule has 0 saturated heterocycles. The van der Waals surface area contributed by atoms with Crippen LogP contribution in [0, 0.1) is 0 Å². The van der Waals surface area contributed by atoms with Crippen LogP contribution in [0.4, 0.5) is 0 Å². The molecule has 0 spiro atoms. The highest BCUT2D eigenvalue weighted by atomic mass is 16.5. The minimum Gasteiger partial charge on any atom is -0.374 e. The van der Waals surface area contributed by atoms with E-state index in [2.05, 4.69) is 12.1 Å². The molecule has 0 amide bonds. The molecule has 0 aromatic heterocycles. The highest BCUT2D eigenvalue weighted by Gasteiger charge is 2.45. The van der Waals surface area contributed by atoms with Gasteiger partial charge < -0.3 is 9.53 Å². The number of carbonyl (C=O) groups excluding carboxylic acids is 1. The van der Waals surface area contributed by atoms with Gasteiger partial charge in [0.1, 0.15) is 6.29 Å². The Morgan fingerprint density at radius 3 is 2.73 bits per heavy atom. The van der Waals surface area contributed by atoms with E-state index in [0.29, 0.717) is 6.42 Å². The number of aryl methyl sites for hydroxylation is 1. The third kappa shape index (κ3) is 1.95. The summed E-state index contributed by atoms with van der Waals surface area (Å²) < 4.78 is 5.57. The van der Waals surface area contributed by atoms with E-state index in [1.807, 2.05) is 12.1 Å². The molecule has 2 heteroatoms. The number of ether oxygens (including phenoxy) is 1. The summed E-state index contributed by atoms with van der Waals surface area (Å²) in [4.78, 5) is 10.4. The molecule has 1 saturated carbocycles. The quantitative estimate of drug-likeness (QED) is 0.689. The Morgan fingerprint density at radius 2 is 2.13 bits per heavy atom. The molecule has 0 atom stereocenters. The average Bonchev–Trinajstić information content (AvgIpc) is 3.08. The third-order valence-electron chi connectivity index (χ3n) is 3.13. The predicted molar refractivity (Wildman–Crippen MR) is 58.7 cm³/mol. The van der Waals surface area contributed by atoms with E-state index in [-0.39, 0.29) is 5.60 Å². The molecule has 2 rings (SSSR count). The first-order valence-corrected chi connectivity index (χ1v) is 5.39. The van der Waals surface area contributed by atoms with E-state index in [0.717, 1.165) is 25.5 Å². The normalized spacial score (nSPS) is 17.4. The van der Waals surface area contributed by atoms with Crippen molar-refractivity contribution < 1.29 is 9.53 Å². The standard InChI is InChI=1S/C13H16O2/c1-15-13(8-9-13)12-7-3-2-5-11(12)6-4-10-14/h2-3,5,7,10H,4,6,8-9H2,1H3. The van der Waals surface area contributed by atoms with Crippen molar-refractivity contribution in [1.82, 2.24) is 0 Å². The maximum atomic E-state index is 10.4. The van der Waals surface area contributed by atoms with Crippen molar-refractivity contribution in [2.45, 2.75) is 31.3 Å². The predicted octanol–water partition coefficient (Wildman–Crippen LogP) is 2.45. The fourth-order valence-corrected chi connectivity index (χ4v) is 2.09. The Hall–Kier alpha value is -1.15. The summed E-state index contributed by atoms with van der Waals surface area (Å²) in [5.74, 6) is 0. The Kier molecular flexibility index (Phi) is 2.87. The van der Waals surface area contributed by atoms with Crippen molar-refractivity contribution >= 4 is 6.29 Å². The molecule has 0 bridgehead atoms. The summed E-state index contributed by atoms with van der Waals surface area (Å²) in [5.41, 5.74) is 2.48. The minimum atomic E-state index is -0.0422. The maximum absolute atomic E-state index is 10.4. The number of hydrogen-bond donors (Lipinski definition) is 0. The minimum absolute atomic E-state index is 0.0422. The first-order chi connectivity index (χ1) is 7.32. The fourth-order valence-electron chi connectivity index (χ4n) is 2.09. The largest absolute Gasteiger partial charge is 0.374 e. The summed E-state index contributed by atoms with van der Waals surface area (Å²) >= 11 is 0. The molecular weight excluding hydrogens is 188 g/mol. The van der Waals surface area contributed by atoms with Gasteiger partial charge in [0.05, 0.1) is 5.60 Å². The van der Waals surface area contributed by atoms with Gasteiger partial charge in [0.25, 0.3) is 0 Å². The molecule has 0 heterocycles. The van der Waals surface area contributed by atoms with E-state index in [4.69, 9.17) is 4.74 Å². The van der Waals surface area contributed by atoms with Gasteiger partial charge in [0, 0.05) is 13.5 Å². The Labute approximate surface area is 90.3 Å². The molecule has 1 aromatic carbocycles. The molecule has 0 radical (unpaired) electrons. The molecule has 0 aliphatic heterocycles. The fraction of sp³-hybridized carbons (Fsp3) is 0.462. The molecule has 1 aromatic rings. The lowest BCUT2D eigenvalue weighted by Gasteiger charge is -2.17. The molecule has 2 nitrogen and oxygen atoms in total. The van der Waals surface area contributed by atoms with Crippen LogP contribution in [-0.4, -0.2) is 13.4 Å². The van der Waals surface area contributed by atoms with Gasteiger partial charge in [-0.1, -0.05) is 24.3 Å². The van der Waals surface area contributed by atoms with Crippen molar-refractivity contribution in [3.8, 4) is 0 Å². The van der Waals surface area contributed by atoms with Crippen LogP contribution in [0.2, 0.25) is 0 Å². The van der Waals surface area contributed by atoms with Crippen LogP contribution in [-0.2, 0) is 21.6 Å². The van der Waals surface area contributed by atoms with E-state index >= 15 is 0 Å². The number of rotatable bonds is 5. The first kappa shape index (κ1) is 10.4. The van der Waals surface area contributed by atoms with Gasteiger partial charge in [-0.3, -0.25) is 0 Å². The average molecular weight is 204 g/mol. The van der Waals surface area contributed by atoms with Crippen LogP contribution >= 0.6 is 0 Å². The van der Waals surface area contributed by atoms with Gasteiger partial charge in [-0.25, -0.2) is 0 Å². The number of aldehydes is 1. The SMILES string of the molecule is COC1(c2ccccc2CCC=O)CC1. The lowest BCUT2D eigenvalue weighted by atomic mass is 9.97. The second kappa shape index (κ2) is 4.15. The van der Waals surface area contributed by atoms with Crippen LogP contribution in [0.1, 0.15) is 30.4 Å². The Bertz CT molecular complexity index is 353. The number of hydrogen-bond acceptors (Lipinski definition) is 2. The van der Waals surface area contributed by atoms with Crippen LogP contribution in [0.5, 0.6) is 0 Å². The zero-order valence-electron chi connectivity index (χ0n) is 9.03. The van der Waals surface area contributed by atoms with Crippen molar-refractivity contribution in [3.05, 3.63) is 35.4 Å². The monoisotopic (exact) mass is 204 g/mol. The van der Waals surface area contributed by atoms with E-state index in [1.165, 1.54) is 11.1 Å². The molecule has 15 heavy (non-hydrogen) atoms. The zero-order chi connectivity index (χ0) is 10.7. The highest BCUT2D eigenvalue weighted by molar-refractivity contribution is 5.50. The first-order valence-electron chi connectivity index (χ1n) is 5.39. The van der Waals surface area contributed by atoms with Crippen molar-refractivity contribution in [1.29, 1.82) is 0 Å². The summed E-state index contributed by atoms with van der Waals surface area (Å²) in [7, 11) is 1.77. The molecule has 0 unspecified atom stereocenters. The van der Waals surface area contributed by atoms with E-state index in [1.54, 1.807) is 7.11 Å². The van der Waals surface area contributed by atoms with Crippen molar-refractivity contribution in [2.24, 2.45) is 0 Å². The van der Waals surface area contributed by atoms with E-state index < -0.39 is 0 Å². The molecule has 1 aliphatic carbocycles. The maximum Gasteiger partial charge on any atom is 0.120 e. The second-order valence-corrected chi connectivity index (χ2v) is 4.06. The van der Waals surface area contributed by atoms with Crippen LogP contribution in [0.25, 0.3) is 0 Å². The van der Waals surface area contributed by atoms with Gasteiger partial charge >= 0.3 is 0 Å². The van der Waals surface area contributed by atoms with Gasteiger partial charge in [-0.05, 0) is 30.4 Å². The molecule has 0 N–H and O–H groups in total. The molecule has 80 valence electrons.